The Morgan fingerprint density at radius 3 is 2.76 bits per heavy atom. The summed E-state index contributed by atoms with van der Waals surface area (Å²) in [5.74, 6) is 1.20. The number of carbonyl (C=O) groups is 1. The van der Waals surface area contributed by atoms with Gasteiger partial charge in [0.1, 0.15) is 11.6 Å². The molecule has 3 aromatic rings. The van der Waals surface area contributed by atoms with Gasteiger partial charge < -0.3 is 9.84 Å². The van der Waals surface area contributed by atoms with Crippen LogP contribution in [0.2, 0.25) is 0 Å². The van der Waals surface area contributed by atoms with Crippen molar-refractivity contribution in [2.45, 2.75) is 47.1 Å². The van der Waals surface area contributed by atoms with Crippen molar-refractivity contribution >= 4 is 11.6 Å². The predicted octanol–water partition coefficient (Wildman–Crippen LogP) is 2.42. The zero-order chi connectivity index (χ0) is 18.1. The first kappa shape index (κ1) is 17.1. The Morgan fingerprint density at radius 1 is 1.28 bits per heavy atom. The third kappa shape index (κ3) is 3.52. The van der Waals surface area contributed by atoms with Crippen LogP contribution in [0, 0.1) is 19.8 Å². The molecule has 3 aromatic heterocycles. The Balaban J connectivity index is 1.79. The molecule has 0 radical (unpaired) electrons. The lowest BCUT2D eigenvalue weighted by molar-refractivity contribution is 0.0934. The van der Waals surface area contributed by atoms with Gasteiger partial charge in [0.25, 0.3) is 5.91 Å². The topological polar surface area (TPSA) is 98.2 Å². The van der Waals surface area contributed by atoms with Crippen LogP contribution in [-0.2, 0) is 6.42 Å². The number of nitrogens with one attached hydrogen (secondary N) is 1. The summed E-state index contributed by atoms with van der Waals surface area (Å²) in [6, 6.07) is 1.51. The third-order valence-electron chi connectivity index (χ3n) is 3.82. The molecular weight excluding hydrogens is 320 g/mol. The second kappa shape index (κ2) is 6.62. The Bertz CT molecular complexity index is 911. The minimum Gasteiger partial charge on any atom is -0.340 e. The maximum absolute atomic E-state index is 12.6. The average molecular weight is 342 g/mol. The van der Waals surface area contributed by atoms with Gasteiger partial charge in [0.15, 0.2) is 11.5 Å². The monoisotopic (exact) mass is 342 g/mol. The molecule has 1 atom stereocenters. The molecule has 8 nitrogen and oxygen atoms in total. The summed E-state index contributed by atoms with van der Waals surface area (Å²) in [5, 5.41) is 11.1. The van der Waals surface area contributed by atoms with Crippen molar-refractivity contribution < 1.29 is 9.32 Å². The SMILES string of the molecule is Cc1cc(C)n2ncc(C(=O)N[C@H](C)c3nc(CC(C)C)no3)c2n1. The van der Waals surface area contributed by atoms with Crippen LogP contribution in [0.1, 0.15) is 60.3 Å². The smallest absolute Gasteiger partial charge is 0.257 e. The van der Waals surface area contributed by atoms with Crippen LogP contribution in [-0.4, -0.2) is 30.6 Å². The van der Waals surface area contributed by atoms with Crippen molar-refractivity contribution in [1.29, 1.82) is 0 Å². The van der Waals surface area contributed by atoms with Gasteiger partial charge in [-0.05, 0) is 32.8 Å². The van der Waals surface area contributed by atoms with Crippen LogP contribution in [0.4, 0.5) is 0 Å². The predicted molar refractivity (Wildman–Crippen MR) is 91.2 cm³/mol. The number of aryl methyl sites for hydroxylation is 2. The minimum atomic E-state index is -0.401. The van der Waals surface area contributed by atoms with E-state index < -0.39 is 6.04 Å². The lowest BCUT2D eigenvalue weighted by Crippen LogP contribution is -2.27. The fourth-order valence-electron chi connectivity index (χ4n) is 2.66. The highest BCUT2D eigenvalue weighted by Gasteiger charge is 2.21. The molecule has 3 heterocycles. The molecule has 0 saturated carbocycles. The van der Waals surface area contributed by atoms with Gasteiger partial charge in [-0.1, -0.05) is 19.0 Å². The Labute approximate surface area is 145 Å². The minimum absolute atomic E-state index is 0.274. The first-order valence-electron chi connectivity index (χ1n) is 8.30. The highest BCUT2D eigenvalue weighted by Crippen LogP contribution is 2.15. The summed E-state index contributed by atoms with van der Waals surface area (Å²) in [7, 11) is 0. The van der Waals surface area contributed by atoms with Gasteiger partial charge >= 0.3 is 0 Å². The zero-order valence-electron chi connectivity index (χ0n) is 15.1. The lowest BCUT2D eigenvalue weighted by atomic mass is 10.1. The van der Waals surface area contributed by atoms with Gasteiger partial charge in [-0.25, -0.2) is 9.50 Å². The van der Waals surface area contributed by atoms with Gasteiger partial charge in [-0.15, -0.1) is 0 Å². The molecule has 25 heavy (non-hydrogen) atoms. The van der Waals surface area contributed by atoms with E-state index in [1.165, 1.54) is 6.20 Å². The molecule has 0 unspecified atom stereocenters. The number of fused-ring (bicyclic) bond motifs is 1. The maximum atomic E-state index is 12.6. The summed E-state index contributed by atoms with van der Waals surface area (Å²) in [6.07, 6.45) is 2.26. The van der Waals surface area contributed by atoms with Gasteiger partial charge in [0.2, 0.25) is 5.89 Å². The van der Waals surface area contributed by atoms with Crippen molar-refractivity contribution in [3.8, 4) is 0 Å². The van der Waals surface area contributed by atoms with Crippen LogP contribution in [0.5, 0.6) is 0 Å². The fourth-order valence-corrected chi connectivity index (χ4v) is 2.66. The van der Waals surface area contributed by atoms with E-state index in [1.807, 2.05) is 19.9 Å². The zero-order valence-corrected chi connectivity index (χ0v) is 15.1. The van der Waals surface area contributed by atoms with E-state index in [0.29, 0.717) is 28.8 Å². The third-order valence-corrected chi connectivity index (χ3v) is 3.82. The summed E-state index contributed by atoms with van der Waals surface area (Å²) in [4.78, 5) is 21.4. The molecule has 1 amide bonds. The molecule has 132 valence electrons. The van der Waals surface area contributed by atoms with Crippen LogP contribution in [0.25, 0.3) is 5.65 Å². The quantitative estimate of drug-likeness (QED) is 0.764. The molecule has 1 N–H and O–H groups in total. The van der Waals surface area contributed by atoms with Crippen molar-refractivity contribution in [3.05, 3.63) is 40.9 Å². The van der Waals surface area contributed by atoms with Crippen LogP contribution < -0.4 is 5.32 Å². The number of rotatable bonds is 5. The molecule has 0 saturated heterocycles. The summed E-state index contributed by atoms with van der Waals surface area (Å²) in [6.45, 7) is 9.79. The summed E-state index contributed by atoms with van der Waals surface area (Å²) >= 11 is 0. The highest BCUT2D eigenvalue weighted by atomic mass is 16.5. The van der Waals surface area contributed by atoms with Gasteiger partial charge in [0.05, 0.1) is 6.20 Å². The first-order valence-corrected chi connectivity index (χ1v) is 8.30. The highest BCUT2D eigenvalue weighted by molar-refractivity contribution is 5.99. The maximum Gasteiger partial charge on any atom is 0.257 e. The van der Waals surface area contributed by atoms with E-state index in [0.717, 1.165) is 17.8 Å². The van der Waals surface area contributed by atoms with E-state index in [2.05, 4.69) is 39.4 Å². The van der Waals surface area contributed by atoms with E-state index in [1.54, 1.807) is 11.4 Å². The van der Waals surface area contributed by atoms with Crippen molar-refractivity contribution in [1.82, 2.24) is 30.1 Å². The van der Waals surface area contributed by atoms with Crippen LogP contribution in [0.15, 0.2) is 16.8 Å². The molecule has 0 spiro atoms. The second-order valence-electron chi connectivity index (χ2n) is 6.67. The lowest BCUT2D eigenvalue weighted by Gasteiger charge is -2.09. The molecule has 0 aliphatic carbocycles. The number of hydrogen-bond donors (Lipinski definition) is 1. The molecule has 8 heteroatoms. The Morgan fingerprint density at radius 2 is 2.04 bits per heavy atom. The van der Waals surface area contributed by atoms with E-state index in [4.69, 9.17) is 4.52 Å². The molecule has 3 rings (SSSR count). The largest absolute Gasteiger partial charge is 0.340 e. The first-order chi connectivity index (χ1) is 11.8. The van der Waals surface area contributed by atoms with Gasteiger partial charge in [-0.3, -0.25) is 4.79 Å². The number of amides is 1. The number of carbonyl (C=O) groups excluding carboxylic acids is 1. The normalized spacial score (nSPS) is 12.7. The molecule has 0 bridgehead atoms. The molecule has 0 aliphatic rings. The van der Waals surface area contributed by atoms with Gasteiger partial charge in [0, 0.05) is 17.8 Å². The van der Waals surface area contributed by atoms with Gasteiger partial charge in [-0.2, -0.15) is 10.1 Å². The number of aromatic nitrogens is 5. The van der Waals surface area contributed by atoms with Crippen molar-refractivity contribution in [2.75, 3.05) is 0 Å². The van der Waals surface area contributed by atoms with Crippen LogP contribution >= 0.6 is 0 Å². The fraction of sp³-hybridized carbons (Fsp3) is 0.471. The standard InChI is InChI=1S/C17H22N6O2/c1-9(2)6-14-21-17(25-22-14)12(5)20-16(24)13-8-18-23-11(4)7-10(3)19-15(13)23/h7-9,12H,6H2,1-5H3,(H,20,24)/t12-/m1/s1. The summed E-state index contributed by atoms with van der Waals surface area (Å²) < 4.78 is 6.91. The van der Waals surface area contributed by atoms with E-state index in [9.17, 15) is 4.79 Å². The average Bonchev–Trinajstić information content (AvgIpc) is 3.13. The van der Waals surface area contributed by atoms with E-state index in [-0.39, 0.29) is 5.91 Å². The summed E-state index contributed by atoms with van der Waals surface area (Å²) in [5.41, 5.74) is 2.71. The van der Waals surface area contributed by atoms with E-state index >= 15 is 0 Å². The molecule has 0 aromatic carbocycles. The second-order valence-corrected chi connectivity index (χ2v) is 6.67. The van der Waals surface area contributed by atoms with Crippen molar-refractivity contribution in [3.63, 3.8) is 0 Å². The molecule has 0 fully saturated rings. The Kier molecular flexibility index (Phi) is 4.52. The van der Waals surface area contributed by atoms with Crippen LogP contribution in [0.3, 0.4) is 0 Å². The molecular formula is C17H22N6O2. The molecule has 0 aliphatic heterocycles. The number of hydrogen-bond acceptors (Lipinski definition) is 6. The number of nitrogens with zero attached hydrogens (tertiary/aromatic N) is 5. The van der Waals surface area contributed by atoms with Crippen molar-refractivity contribution in [2.24, 2.45) is 5.92 Å². The Hall–Kier alpha value is -2.77.